The van der Waals surface area contributed by atoms with Crippen LogP contribution in [-0.2, 0) is 0 Å². The second-order valence-electron chi connectivity index (χ2n) is 5.34. The maximum atomic E-state index is 4.30. The van der Waals surface area contributed by atoms with E-state index in [-0.39, 0.29) is 0 Å². The van der Waals surface area contributed by atoms with Gasteiger partial charge >= 0.3 is 0 Å². The summed E-state index contributed by atoms with van der Waals surface area (Å²) in [6.07, 6.45) is 13.2. The number of nitrogens with one attached hydrogen (secondary N) is 1. The summed E-state index contributed by atoms with van der Waals surface area (Å²) in [5.74, 6) is 0.845. The van der Waals surface area contributed by atoms with Crippen molar-refractivity contribution in [3.8, 4) is 0 Å². The molecule has 0 aromatic carbocycles. The average Bonchev–Trinajstić information content (AvgIpc) is 2.47. The molecule has 1 saturated heterocycles. The predicted octanol–water partition coefficient (Wildman–Crippen LogP) is 3.27. The van der Waals surface area contributed by atoms with Crippen LogP contribution >= 0.6 is 0 Å². The fourth-order valence-corrected chi connectivity index (χ4v) is 3.14. The second kappa shape index (κ2) is 5.07. The molecule has 0 radical (unpaired) electrons. The van der Waals surface area contributed by atoms with Gasteiger partial charge in [0.1, 0.15) is 0 Å². The normalized spacial score (nSPS) is 27.2. The smallest absolute Gasteiger partial charge is 0.0343 e. The summed E-state index contributed by atoms with van der Waals surface area (Å²) in [4.78, 5) is 4.30. The highest BCUT2D eigenvalue weighted by atomic mass is 14.9. The highest BCUT2D eigenvalue weighted by Gasteiger charge is 2.28. The van der Waals surface area contributed by atoms with Crippen molar-refractivity contribution in [2.75, 3.05) is 6.54 Å². The summed E-state index contributed by atoms with van der Waals surface area (Å²) in [6, 6.07) is 2.86. The van der Waals surface area contributed by atoms with Crippen LogP contribution in [0.1, 0.15) is 36.8 Å². The zero-order valence-corrected chi connectivity index (χ0v) is 10.7. The lowest BCUT2D eigenvalue weighted by atomic mass is 9.78. The van der Waals surface area contributed by atoms with E-state index in [9.17, 15) is 0 Å². The standard InChI is InChI=1S/C16H20N2/c1-2-12-8-15(11-17-10-12)14-6-5-13-4-3-7-18-16(13)9-14/h2,6,8,10-11,13,16,18H,1,3-5,7,9H2/t13?,16-/m0/s1. The van der Waals surface area contributed by atoms with Crippen LogP contribution in [0, 0.1) is 5.92 Å². The van der Waals surface area contributed by atoms with Crippen molar-refractivity contribution < 1.29 is 0 Å². The van der Waals surface area contributed by atoms with Crippen LogP contribution in [0.2, 0.25) is 0 Å². The fourth-order valence-electron chi connectivity index (χ4n) is 3.14. The van der Waals surface area contributed by atoms with Gasteiger partial charge in [0.05, 0.1) is 0 Å². The SMILES string of the molecule is C=Cc1cncc(C2=CCC3CCCN[C@H]3C2)c1. The van der Waals surface area contributed by atoms with Crippen LogP contribution in [0.25, 0.3) is 11.6 Å². The lowest BCUT2D eigenvalue weighted by Crippen LogP contribution is -2.42. The van der Waals surface area contributed by atoms with Gasteiger partial charge in [-0.05, 0) is 60.9 Å². The summed E-state index contributed by atoms with van der Waals surface area (Å²) in [5, 5.41) is 3.67. The molecule has 1 N–H and O–H groups in total. The largest absolute Gasteiger partial charge is 0.313 e. The number of rotatable bonds is 2. The lowest BCUT2D eigenvalue weighted by Gasteiger charge is -2.36. The molecule has 0 amide bonds. The molecule has 1 aliphatic heterocycles. The molecule has 18 heavy (non-hydrogen) atoms. The first-order valence-electron chi connectivity index (χ1n) is 6.87. The Balaban J connectivity index is 1.83. The van der Waals surface area contributed by atoms with E-state index in [1.807, 2.05) is 18.5 Å². The van der Waals surface area contributed by atoms with Gasteiger partial charge in [0, 0.05) is 18.4 Å². The Hall–Kier alpha value is -1.41. The van der Waals surface area contributed by atoms with E-state index in [0.29, 0.717) is 6.04 Å². The Kier molecular flexibility index (Phi) is 3.28. The van der Waals surface area contributed by atoms with Gasteiger partial charge in [0.25, 0.3) is 0 Å². The van der Waals surface area contributed by atoms with Crippen molar-refractivity contribution in [1.29, 1.82) is 0 Å². The van der Waals surface area contributed by atoms with E-state index in [1.165, 1.54) is 36.9 Å². The van der Waals surface area contributed by atoms with Crippen LogP contribution in [0.5, 0.6) is 0 Å². The molecule has 0 saturated carbocycles. The minimum Gasteiger partial charge on any atom is -0.313 e. The van der Waals surface area contributed by atoms with Crippen LogP contribution in [0.3, 0.4) is 0 Å². The Bertz CT molecular complexity index is 476. The van der Waals surface area contributed by atoms with Crippen LogP contribution in [-0.4, -0.2) is 17.6 Å². The molecule has 1 fully saturated rings. The maximum absolute atomic E-state index is 4.30. The quantitative estimate of drug-likeness (QED) is 0.858. The number of allylic oxidation sites excluding steroid dienone is 1. The summed E-state index contributed by atoms with van der Waals surface area (Å²) in [7, 11) is 0. The Morgan fingerprint density at radius 2 is 2.33 bits per heavy atom. The van der Waals surface area contributed by atoms with Crippen molar-refractivity contribution in [3.63, 3.8) is 0 Å². The van der Waals surface area contributed by atoms with Crippen molar-refractivity contribution >= 4 is 11.6 Å². The van der Waals surface area contributed by atoms with Gasteiger partial charge < -0.3 is 5.32 Å². The zero-order chi connectivity index (χ0) is 12.4. The van der Waals surface area contributed by atoms with Gasteiger partial charge in [-0.1, -0.05) is 18.7 Å². The molecule has 2 atom stereocenters. The Morgan fingerprint density at radius 3 is 3.22 bits per heavy atom. The number of pyridine rings is 1. The monoisotopic (exact) mass is 240 g/mol. The lowest BCUT2D eigenvalue weighted by molar-refractivity contribution is 0.278. The first-order valence-corrected chi connectivity index (χ1v) is 6.87. The molecule has 1 aromatic rings. The zero-order valence-electron chi connectivity index (χ0n) is 10.7. The van der Waals surface area contributed by atoms with Gasteiger partial charge in [0.2, 0.25) is 0 Å². The molecule has 1 unspecified atom stereocenters. The molecule has 2 heterocycles. The topological polar surface area (TPSA) is 24.9 Å². The second-order valence-corrected chi connectivity index (χ2v) is 5.34. The van der Waals surface area contributed by atoms with Gasteiger partial charge in [-0.3, -0.25) is 4.98 Å². The fraction of sp³-hybridized carbons (Fsp3) is 0.438. The maximum Gasteiger partial charge on any atom is 0.0343 e. The van der Waals surface area contributed by atoms with Crippen LogP contribution < -0.4 is 5.32 Å². The van der Waals surface area contributed by atoms with Gasteiger partial charge in [0.15, 0.2) is 0 Å². The first kappa shape index (κ1) is 11.7. The molecular formula is C16H20N2. The summed E-state index contributed by atoms with van der Waals surface area (Å²) >= 11 is 0. The van der Waals surface area contributed by atoms with Gasteiger partial charge in [-0.15, -0.1) is 0 Å². The van der Waals surface area contributed by atoms with Crippen molar-refractivity contribution in [1.82, 2.24) is 10.3 Å². The molecule has 2 nitrogen and oxygen atoms in total. The number of piperidine rings is 1. The van der Waals surface area contributed by atoms with Crippen LogP contribution in [0.15, 0.2) is 31.1 Å². The molecule has 2 aliphatic rings. The number of nitrogens with zero attached hydrogens (tertiary/aromatic N) is 1. The first-order chi connectivity index (χ1) is 8.86. The Labute approximate surface area is 109 Å². The van der Waals surface area contributed by atoms with E-state index < -0.39 is 0 Å². The van der Waals surface area contributed by atoms with E-state index in [0.717, 1.165) is 17.9 Å². The van der Waals surface area contributed by atoms with E-state index in [1.54, 1.807) is 0 Å². The molecule has 0 spiro atoms. The molecule has 1 aromatic heterocycles. The molecule has 94 valence electrons. The van der Waals surface area contributed by atoms with Gasteiger partial charge in [-0.25, -0.2) is 0 Å². The molecule has 2 heteroatoms. The van der Waals surface area contributed by atoms with Crippen molar-refractivity contribution in [3.05, 3.63) is 42.2 Å². The highest BCUT2D eigenvalue weighted by Crippen LogP contribution is 2.34. The van der Waals surface area contributed by atoms with Crippen LogP contribution in [0.4, 0.5) is 0 Å². The van der Waals surface area contributed by atoms with E-state index >= 15 is 0 Å². The Morgan fingerprint density at radius 1 is 1.39 bits per heavy atom. The molecule has 3 rings (SSSR count). The summed E-state index contributed by atoms with van der Waals surface area (Å²) in [5.41, 5.74) is 3.81. The summed E-state index contributed by atoms with van der Waals surface area (Å²) < 4.78 is 0. The third-order valence-corrected chi connectivity index (χ3v) is 4.20. The minimum atomic E-state index is 0.672. The third kappa shape index (κ3) is 2.25. The number of fused-ring (bicyclic) bond motifs is 1. The molecular weight excluding hydrogens is 220 g/mol. The third-order valence-electron chi connectivity index (χ3n) is 4.20. The summed E-state index contributed by atoms with van der Waals surface area (Å²) in [6.45, 7) is 4.99. The van der Waals surface area contributed by atoms with Gasteiger partial charge in [-0.2, -0.15) is 0 Å². The predicted molar refractivity (Wildman–Crippen MR) is 76.1 cm³/mol. The van der Waals surface area contributed by atoms with Crippen molar-refractivity contribution in [2.24, 2.45) is 5.92 Å². The van der Waals surface area contributed by atoms with E-state index in [2.05, 4.69) is 29.0 Å². The molecule has 0 bridgehead atoms. The highest BCUT2D eigenvalue weighted by molar-refractivity contribution is 5.68. The molecule has 1 aliphatic carbocycles. The van der Waals surface area contributed by atoms with E-state index in [4.69, 9.17) is 0 Å². The minimum absolute atomic E-state index is 0.672. The number of hydrogen-bond acceptors (Lipinski definition) is 2. The number of hydrogen-bond donors (Lipinski definition) is 1. The number of aromatic nitrogens is 1. The van der Waals surface area contributed by atoms with Crippen molar-refractivity contribution in [2.45, 2.75) is 31.7 Å². The average molecular weight is 240 g/mol.